The standard InChI is InChI=1S/C18H25NO/c1-5-12-19-18(20)17-11-10-15(4)16(13-17)9-7-8-14(3)6-2/h7-11,13H,5-6,12H2,1-4H3,(H,19,20)/b9-7-,14-8+. The SMILES string of the molecule is CCCNC(=O)c1ccc(C)c(/C=C\C=C(/C)CC)c1. The van der Waals surface area contributed by atoms with Gasteiger partial charge in [0.05, 0.1) is 0 Å². The van der Waals surface area contributed by atoms with E-state index in [-0.39, 0.29) is 5.91 Å². The first-order valence-electron chi connectivity index (χ1n) is 7.31. The molecule has 0 heterocycles. The van der Waals surface area contributed by atoms with Crippen LogP contribution < -0.4 is 5.32 Å². The second-order valence-corrected chi connectivity index (χ2v) is 5.05. The molecule has 0 spiro atoms. The van der Waals surface area contributed by atoms with Crippen LogP contribution >= 0.6 is 0 Å². The normalized spacial score (nSPS) is 11.9. The lowest BCUT2D eigenvalue weighted by Crippen LogP contribution is -2.23. The Hall–Kier alpha value is -1.83. The van der Waals surface area contributed by atoms with Gasteiger partial charge in [0.15, 0.2) is 0 Å². The van der Waals surface area contributed by atoms with E-state index in [1.54, 1.807) is 0 Å². The number of allylic oxidation sites excluding steroid dienone is 3. The number of aryl methyl sites for hydroxylation is 1. The van der Waals surface area contributed by atoms with Crippen LogP contribution in [0.2, 0.25) is 0 Å². The van der Waals surface area contributed by atoms with E-state index >= 15 is 0 Å². The summed E-state index contributed by atoms with van der Waals surface area (Å²) >= 11 is 0. The molecule has 0 aromatic heterocycles. The van der Waals surface area contributed by atoms with E-state index < -0.39 is 0 Å². The maximum absolute atomic E-state index is 11.9. The molecule has 1 aromatic rings. The van der Waals surface area contributed by atoms with Gasteiger partial charge in [-0.05, 0) is 49.9 Å². The third kappa shape index (κ3) is 5.04. The zero-order valence-electron chi connectivity index (χ0n) is 13.0. The summed E-state index contributed by atoms with van der Waals surface area (Å²) in [6.45, 7) is 9.08. The van der Waals surface area contributed by atoms with Crippen molar-refractivity contribution in [3.05, 3.63) is 52.6 Å². The monoisotopic (exact) mass is 271 g/mol. The van der Waals surface area contributed by atoms with Crippen molar-refractivity contribution in [1.29, 1.82) is 0 Å². The molecule has 1 N–H and O–H groups in total. The molecule has 0 radical (unpaired) electrons. The second-order valence-electron chi connectivity index (χ2n) is 5.05. The van der Waals surface area contributed by atoms with Crippen LogP contribution in [-0.2, 0) is 0 Å². The van der Waals surface area contributed by atoms with Crippen molar-refractivity contribution in [1.82, 2.24) is 5.32 Å². The van der Waals surface area contributed by atoms with Crippen LogP contribution in [0.1, 0.15) is 55.1 Å². The molecule has 0 aliphatic rings. The molecular weight excluding hydrogens is 246 g/mol. The van der Waals surface area contributed by atoms with E-state index in [1.165, 1.54) is 11.1 Å². The van der Waals surface area contributed by atoms with Crippen LogP contribution in [-0.4, -0.2) is 12.5 Å². The lowest BCUT2D eigenvalue weighted by atomic mass is 10.0. The van der Waals surface area contributed by atoms with E-state index in [2.05, 4.69) is 44.3 Å². The fraction of sp³-hybridized carbons (Fsp3) is 0.389. The first-order valence-corrected chi connectivity index (χ1v) is 7.31. The number of rotatable bonds is 6. The predicted octanol–water partition coefficient (Wildman–Crippen LogP) is 4.50. The number of benzene rings is 1. The number of amides is 1. The molecule has 1 aromatic carbocycles. The Bertz CT molecular complexity index is 512. The van der Waals surface area contributed by atoms with E-state index in [0.29, 0.717) is 0 Å². The lowest BCUT2D eigenvalue weighted by molar-refractivity contribution is 0.0953. The zero-order valence-corrected chi connectivity index (χ0v) is 13.0. The van der Waals surface area contributed by atoms with Crippen molar-refractivity contribution in [2.24, 2.45) is 0 Å². The summed E-state index contributed by atoms with van der Waals surface area (Å²) in [5, 5.41) is 2.90. The van der Waals surface area contributed by atoms with Crippen molar-refractivity contribution in [3.63, 3.8) is 0 Å². The van der Waals surface area contributed by atoms with Crippen LogP contribution in [0.3, 0.4) is 0 Å². The Balaban J connectivity index is 2.89. The van der Waals surface area contributed by atoms with Gasteiger partial charge in [0.25, 0.3) is 5.91 Å². The third-order valence-electron chi connectivity index (χ3n) is 3.29. The minimum absolute atomic E-state index is 0.00165. The van der Waals surface area contributed by atoms with Gasteiger partial charge in [0.2, 0.25) is 0 Å². The van der Waals surface area contributed by atoms with E-state index in [1.807, 2.05) is 25.1 Å². The summed E-state index contributed by atoms with van der Waals surface area (Å²) in [6.07, 6.45) is 8.23. The molecule has 1 amide bonds. The first-order chi connectivity index (χ1) is 9.58. The van der Waals surface area contributed by atoms with Crippen molar-refractivity contribution in [3.8, 4) is 0 Å². The highest BCUT2D eigenvalue weighted by molar-refractivity contribution is 5.94. The smallest absolute Gasteiger partial charge is 0.251 e. The molecule has 108 valence electrons. The summed E-state index contributed by atoms with van der Waals surface area (Å²) in [5.41, 5.74) is 4.33. The van der Waals surface area contributed by atoms with Gasteiger partial charge < -0.3 is 5.32 Å². The van der Waals surface area contributed by atoms with Crippen molar-refractivity contribution < 1.29 is 4.79 Å². The molecule has 0 bridgehead atoms. The van der Waals surface area contributed by atoms with Crippen molar-refractivity contribution >= 4 is 12.0 Å². The van der Waals surface area contributed by atoms with Gasteiger partial charge in [-0.2, -0.15) is 0 Å². The van der Waals surface area contributed by atoms with E-state index in [0.717, 1.165) is 30.5 Å². The highest BCUT2D eigenvalue weighted by atomic mass is 16.1. The van der Waals surface area contributed by atoms with Gasteiger partial charge in [-0.1, -0.05) is 43.7 Å². The largest absolute Gasteiger partial charge is 0.352 e. The molecule has 0 fully saturated rings. The minimum atomic E-state index is 0.00165. The molecule has 0 aliphatic carbocycles. The molecule has 20 heavy (non-hydrogen) atoms. The number of carbonyl (C=O) groups excluding carboxylic acids is 1. The Labute approximate surface area is 122 Å². The molecule has 0 unspecified atom stereocenters. The number of nitrogens with one attached hydrogen (secondary N) is 1. The number of hydrogen-bond donors (Lipinski definition) is 1. The molecule has 2 nitrogen and oxygen atoms in total. The molecular formula is C18H25NO. The van der Waals surface area contributed by atoms with E-state index in [4.69, 9.17) is 0 Å². The third-order valence-corrected chi connectivity index (χ3v) is 3.29. The van der Waals surface area contributed by atoms with Crippen LogP contribution in [0.25, 0.3) is 6.08 Å². The van der Waals surface area contributed by atoms with Crippen molar-refractivity contribution in [2.45, 2.75) is 40.5 Å². The van der Waals surface area contributed by atoms with Crippen LogP contribution in [0.5, 0.6) is 0 Å². The number of hydrogen-bond acceptors (Lipinski definition) is 1. The van der Waals surface area contributed by atoms with Crippen LogP contribution in [0.15, 0.2) is 35.9 Å². The van der Waals surface area contributed by atoms with Crippen LogP contribution in [0, 0.1) is 6.92 Å². The van der Waals surface area contributed by atoms with E-state index in [9.17, 15) is 4.79 Å². The quantitative estimate of drug-likeness (QED) is 0.758. The summed E-state index contributed by atoms with van der Waals surface area (Å²) in [6, 6.07) is 5.83. The first kappa shape index (κ1) is 16.2. The molecule has 2 heteroatoms. The number of carbonyl (C=O) groups is 1. The summed E-state index contributed by atoms with van der Waals surface area (Å²) in [4.78, 5) is 11.9. The summed E-state index contributed by atoms with van der Waals surface area (Å²) < 4.78 is 0. The maximum Gasteiger partial charge on any atom is 0.251 e. The Morgan fingerprint density at radius 3 is 2.70 bits per heavy atom. The van der Waals surface area contributed by atoms with Gasteiger partial charge in [-0.25, -0.2) is 0 Å². The Morgan fingerprint density at radius 2 is 2.05 bits per heavy atom. The van der Waals surface area contributed by atoms with Gasteiger partial charge in [0.1, 0.15) is 0 Å². The second kappa shape index (κ2) is 8.36. The fourth-order valence-electron chi connectivity index (χ4n) is 1.74. The summed E-state index contributed by atoms with van der Waals surface area (Å²) in [5.74, 6) is 0.00165. The van der Waals surface area contributed by atoms with Crippen LogP contribution in [0.4, 0.5) is 0 Å². The maximum atomic E-state index is 11.9. The average Bonchev–Trinajstić information content (AvgIpc) is 2.46. The Kier molecular flexibility index (Phi) is 6.78. The minimum Gasteiger partial charge on any atom is -0.352 e. The lowest BCUT2D eigenvalue weighted by Gasteiger charge is -2.06. The predicted molar refractivity (Wildman–Crippen MR) is 86.9 cm³/mol. The molecule has 1 rings (SSSR count). The zero-order chi connectivity index (χ0) is 15.0. The van der Waals surface area contributed by atoms with Gasteiger partial charge in [-0.15, -0.1) is 0 Å². The summed E-state index contributed by atoms with van der Waals surface area (Å²) in [7, 11) is 0. The Morgan fingerprint density at radius 1 is 1.30 bits per heavy atom. The van der Waals surface area contributed by atoms with Crippen molar-refractivity contribution in [2.75, 3.05) is 6.54 Å². The van der Waals surface area contributed by atoms with Gasteiger partial charge in [-0.3, -0.25) is 4.79 Å². The molecule has 0 saturated heterocycles. The highest BCUT2D eigenvalue weighted by Gasteiger charge is 2.05. The molecule has 0 saturated carbocycles. The fourth-order valence-corrected chi connectivity index (χ4v) is 1.74. The highest BCUT2D eigenvalue weighted by Crippen LogP contribution is 2.13. The molecule has 0 aliphatic heterocycles. The average molecular weight is 271 g/mol. The molecule has 0 atom stereocenters. The topological polar surface area (TPSA) is 29.1 Å². The van der Waals surface area contributed by atoms with Gasteiger partial charge >= 0.3 is 0 Å². The van der Waals surface area contributed by atoms with Gasteiger partial charge in [0, 0.05) is 12.1 Å².